The number of hydrogen-bond acceptors (Lipinski definition) is 1. The van der Waals surface area contributed by atoms with Crippen molar-refractivity contribution in [2.24, 2.45) is 5.92 Å². The van der Waals surface area contributed by atoms with E-state index in [1.165, 1.54) is 18.4 Å². The molecule has 0 radical (unpaired) electrons. The van der Waals surface area contributed by atoms with E-state index in [1.54, 1.807) is 6.20 Å². The fraction of sp³-hybridized carbons (Fsp3) is 0.308. The van der Waals surface area contributed by atoms with Crippen LogP contribution in [0.5, 0.6) is 0 Å². The summed E-state index contributed by atoms with van der Waals surface area (Å²) in [5, 5.41) is 5.50. The van der Waals surface area contributed by atoms with E-state index in [0.29, 0.717) is 5.92 Å². The number of amides is 2. The maximum atomic E-state index is 11.5. The van der Waals surface area contributed by atoms with Gasteiger partial charge in [0.2, 0.25) is 0 Å². The predicted octanol–water partition coefficient (Wildman–Crippen LogP) is 3.12. The Bertz CT molecular complexity index is 394. The topological polar surface area (TPSA) is 41.1 Å². The number of hydrogen-bond donors (Lipinski definition) is 2. The molecule has 1 aliphatic rings. The first-order chi connectivity index (χ1) is 7.75. The van der Waals surface area contributed by atoms with Crippen LogP contribution in [0.2, 0.25) is 0 Å². The van der Waals surface area contributed by atoms with Crippen molar-refractivity contribution in [3.05, 3.63) is 42.1 Å². The van der Waals surface area contributed by atoms with Crippen molar-refractivity contribution < 1.29 is 4.79 Å². The highest BCUT2D eigenvalue weighted by atomic mass is 16.2. The van der Waals surface area contributed by atoms with Crippen molar-refractivity contribution in [1.82, 2.24) is 5.32 Å². The summed E-state index contributed by atoms with van der Waals surface area (Å²) in [5.74, 6) is 0.692. The van der Waals surface area contributed by atoms with Crippen molar-refractivity contribution in [3.63, 3.8) is 0 Å². The van der Waals surface area contributed by atoms with Crippen molar-refractivity contribution in [2.75, 3.05) is 5.32 Å². The molecule has 1 aliphatic carbocycles. The second-order valence-electron chi connectivity index (χ2n) is 4.13. The highest BCUT2D eigenvalue weighted by Crippen LogP contribution is 2.35. The van der Waals surface area contributed by atoms with Gasteiger partial charge in [-0.05, 0) is 37.8 Å². The molecule has 2 N–H and O–H groups in total. The number of carbonyl (C=O) groups is 1. The molecule has 0 atom stereocenters. The Kier molecular flexibility index (Phi) is 3.25. The van der Waals surface area contributed by atoms with Crippen LogP contribution in [0.4, 0.5) is 10.5 Å². The number of carbonyl (C=O) groups excluding carboxylic acids is 1. The van der Waals surface area contributed by atoms with Gasteiger partial charge in [-0.3, -0.25) is 0 Å². The summed E-state index contributed by atoms with van der Waals surface area (Å²) in [7, 11) is 0. The van der Waals surface area contributed by atoms with Crippen molar-refractivity contribution >= 4 is 11.7 Å². The molecule has 3 nitrogen and oxygen atoms in total. The Morgan fingerprint density at radius 2 is 2.00 bits per heavy atom. The van der Waals surface area contributed by atoms with E-state index in [9.17, 15) is 4.79 Å². The minimum atomic E-state index is -0.189. The molecule has 2 rings (SSSR count). The molecule has 0 heterocycles. The smallest absolute Gasteiger partial charge is 0.314 e. The summed E-state index contributed by atoms with van der Waals surface area (Å²) in [6.07, 6.45) is 4.31. The van der Waals surface area contributed by atoms with Gasteiger partial charge in [-0.1, -0.05) is 23.8 Å². The second kappa shape index (κ2) is 4.84. The lowest BCUT2D eigenvalue weighted by Crippen LogP contribution is -2.24. The third-order valence-corrected chi connectivity index (χ3v) is 2.68. The molecule has 0 aliphatic heterocycles. The standard InChI is InChI=1S/C13H16N2O/c1-10(11-7-8-11)9-14-13(16)15-12-5-3-2-4-6-12/h2-6,9,11H,7-8H2,1H3,(H2,14,15,16)/b10-9+. The average molecular weight is 216 g/mol. The normalized spacial score (nSPS) is 15.7. The molecule has 0 aromatic heterocycles. The van der Waals surface area contributed by atoms with Gasteiger partial charge in [0.25, 0.3) is 0 Å². The van der Waals surface area contributed by atoms with E-state index in [1.807, 2.05) is 30.3 Å². The molecule has 3 heteroatoms. The van der Waals surface area contributed by atoms with Crippen LogP contribution in [0.1, 0.15) is 19.8 Å². The van der Waals surface area contributed by atoms with E-state index in [0.717, 1.165) is 5.69 Å². The van der Waals surface area contributed by atoms with Crippen molar-refractivity contribution in [3.8, 4) is 0 Å². The summed E-state index contributed by atoms with van der Waals surface area (Å²) in [6.45, 7) is 2.06. The molecule has 1 aromatic rings. The zero-order chi connectivity index (χ0) is 11.4. The van der Waals surface area contributed by atoms with E-state index >= 15 is 0 Å². The first-order valence-electron chi connectivity index (χ1n) is 5.55. The maximum absolute atomic E-state index is 11.5. The molecule has 0 spiro atoms. The molecular weight excluding hydrogens is 200 g/mol. The summed E-state index contributed by atoms with van der Waals surface area (Å²) >= 11 is 0. The summed E-state index contributed by atoms with van der Waals surface area (Å²) in [5.41, 5.74) is 2.06. The van der Waals surface area contributed by atoms with E-state index < -0.39 is 0 Å². The molecule has 1 saturated carbocycles. The second-order valence-corrected chi connectivity index (χ2v) is 4.13. The van der Waals surface area contributed by atoms with Gasteiger partial charge in [0.1, 0.15) is 0 Å². The zero-order valence-corrected chi connectivity index (χ0v) is 9.36. The summed E-state index contributed by atoms with van der Waals surface area (Å²) in [4.78, 5) is 11.5. The summed E-state index contributed by atoms with van der Waals surface area (Å²) in [6, 6.07) is 9.22. The highest BCUT2D eigenvalue weighted by molar-refractivity contribution is 5.89. The number of urea groups is 1. The largest absolute Gasteiger partial charge is 0.323 e. The zero-order valence-electron chi connectivity index (χ0n) is 9.36. The van der Waals surface area contributed by atoms with Crippen LogP contribution in [0.25, 0.3) is 0 Å². The molecule has 2 amide bonds. The fourth-order valence-corrected chi connectivity index (χ4v) is 1.52. The number of para-hydroxylation sites is 1. The maximum Gasteiger partial charge on any atom is 0.323 e. The van der Waals surface area contributed by atoms with Crippen LogP contribution in [0, 0.1) is 5.92 Å². The Hall–Kier alpha value is -1.77. The Morgan fingerprint density at radius 1 is 1.31 bits per heavy atom. The lowest BCUT2D eigenvalue weighted by molar-refractivity contribution is 0.255. The number of allylic oxidation sites excluding steroid dienone is 1. The molecule has 0 bridgehead atoms. The minimum absolute atomic E-state index is 0.189. The van der Waals surface area contributed by atoms with Crippen LogP contribution < -0.4 is 10.6 Å². The average Bonchev–Trinajstić information content (AvgIpc) is 3.11. The number of anilines is 1. The van der Waals surface area contributed by atoms with Gasteiger partial charge in [-0.15, -0.1) is 0 Å². The van der Waals surface area contributed by atoms with E-state index in [4.69, 9.17) is 0 Å². The third kappa shape index (κ3) is 3.12. The van der Waals surface area contributed by atoms with Crippen LogP contribution in [-0.2, 0) is 0 Å². The van der Waals surface area contributed by atoms with Crippen molar-refractivity contribution in [2.45, 2.75) is 19.8 Å². The number of rotatable bonds is 3. The van der Waals surface area contributed by atoms with Crippen LogP contribution >= 0.6 is 0 Å². The molecule has 16 heavy (non-hydrogen) atoms. The van der Waals surface area contributed by atoms with Gasteiger partial charge in [0, 0.05) is 11.9 Å². The fourth-order valence-electron chi connectivity index (χ4n) is 1.52. The predicted molar refractivity (Wildman–Crippen MR) is 65.1 cm³/mol. The first kappa shape index (κ1) is 10.7. The molecule has 0 saturated heterocycles. The monoisotopic (exact) mass is 216 g/mol. The van der Waals surface area contributed by atoms with E-state index in [-0.39, 0.29) is 6.03 Å². The summed E-state index contributed by atoms with van der Waals surface area (Å²) < 4.78 is 0. The van der Waals surface area contributed by atoms with Gasteiger partial charge in [0.15, 0.2) is 0 Å². The Balaban J connectivity index is 1.82. The van der Waals surface area contributed by atoms with Gasteiger partial charge >= 0.3 is 6.03 Å². The number of benzene rings is 1. The molecule has 0 unspecified atom stereocenters. The van der Waals surface area contributed by atoms with Crippen LogP contribution in [0.3, 0.4) is 0 Å². The van der Waals surface area contributed by atoms with Crippen LogP contribution in [0.15, 0.2) is 42.1 Å². The number of nitrogens with one attached hydrogen (secondary N) is 2. The molecule has 84 valence electrons. The molecule has 1 aromatic carbocycles. The van der Waals surface area contributed by atoms with Gasteiger partial charge < -0.3 is 10.6 Å². The van der Waals surface area contributed by atoms with Gasteiger partial charge in [0.05, 0.1) is 0 Å². The highest BCUT2D eigenvalue weighted by Gasteiger charge is 2.22. The lowest BCUT2D eigenvalue weighted by atomic mass is 10.2. The Labute approximate surface area is 95.6 Å². The van der Waals surface area contributed by atoms with E-state index in [2.05, 4.69) is 17.6 Å². The molecular formula is C13H16N2O. The van der Waals surface area contributed by atoms with Crippen molar-refractivity contribution in [1.29, 1.82) is 0 Å². The Morgan fingerprint density at radius 3 is 2.62 bits per heavy atom. The minimum Gasteiger partial charge on any atom is -0.314 e. The SMILES string of the molecule is C/C(=C\NC(=O)Nc1ccccc1)C1CC1. The van der Waals surface area contributed by atoms with Gasteiger partial charge in [-0.25, -0.2) is 4.79 Å². The quantitative estimate of drug-likeness (QED) is 0.800. The third-order valence-electron chi connectivity index (χ3n) is 2.68. The van der Waals surface area contributed by atoms with Gasteiger partial charge in [-0.2, -0.15) is 0 Å². The lowest BCUT2D eigenvalue weighted by Gasteiger charge is -2.05. The van der Waals surface area contributed by atoms with Crippen LogP contribution in [-0.4, -0.2) is 6.03 Å². The molecule has 1 fully saturated rings. The first-order valence-corrected chi connectivity index (χ1v) is 5.55.